The van der Waals surface area contributed by atoms with Gasteiger partial charge in [0.15, 0.2) is 6.10 Å². The van der Waals surface area contributed by atoms with E-state index < -0.39 is 6.10 Å². The lowest BCUT2D eigenvalue weighted by atomic mass is 10.0. The van der Waals surface area contributed by atoms with Crippen molar-refractivity contribution in [3.05, 3.63) is 48.6 Å². The summed E-state index contributed by atoms with van der Waals surface area (Å²) in [7, 11) is 0. The SMILES string of the molecule is CC/C=C\C/C=C\C/C=C\C/C=C\CCCCCCCCC(=O)OC(COC(=O)CCCCCCCCCC)COC(=O)CCCCCCCCCCCCCCCCCCCCCCCCCCCC. The van der Waals surface area contributed by atoms with Crippen LogP contribution >= 0.6 is 0 Å². The first-order chi connectivity index (χ1) is 35.0. The molecule has 6 heteroatoms. The predicted molar refractivity (Wildman–Crippen MR) is 307 cm³/mol. The Morgan fingerprint density at radius 2 is 0.549 bits per heavy atom. The number of carbonyl (C=O) groups excluding carboxylic acids is 3. The maximum atomic E-state index is 12.8. The van der Waals surface area contributed by atoms with Gasteiger partial charge in [-0.2, -0.15) is 0 Å². The highest BCUT2D eigenvalue weighted by molar-refractivity contribution is 5.71. The Kier molecular flexibility index (Phi) is 57.7. The Labute approximate surface area is 441 Å². The van der Waals surface area contributed by atoms with Crippen LogP contribution in [0.4, 0.5) is 0 Å². The minimum absolute atomic E-state index is 0.0750. The highest BCUT2D eigenvalue weighted by atomic mass is 16.6. The van der Waals surface area contributed by atoms with Crippen molar-refractivity contribution < 1.29 is 28.6 Å². The minimum atomic E-state index is -0.777. The van der Waals surface area contributed by atoms with Gasteiger partial charge in [-0.15, -0.1) is 0 Å². The maximum absolute atomic E-state index is 12.8. The van der Waals surface area contributed by atoms with Crippen molar-refractivity contribution in [3.63, 3.8) is 0 Å². The van der Waals surface area contributed by atoms with Crippen molar-refractivity contribution in [2.45, 2.75) is 335 Å². The highest BCUT2D eigenvalue weighted by Gasteiger charge is 2.19. The summed E-state index contributed by atoms with van der Waals surface area (Å²) in [6.45, 7) is 6.53. The fourth-order valence-corrected chi connectivity index (χ4v) is 9.20. The molecule has 0 aromatic heterocycles. The van der Waals surface area contributed by atoms with Crippen LogP contribution in [0.1, 0.15) is 329 Å². The average Bonchev–Trinajstić information content (AvgIpc) is 3.37. The topological polar surface area (TPSA) is 78.9 Å². The molecule has 0 aromatic rings. The summed E-state index contributed by atoms with van der Waals surface area (Å²) in [5.74, 6) is -0.876. The van der Waals surface area contributed by atoms with E-state index in [-0.39, 0.29) is 31.1 Å². The summed E-state index contributed by atoms with van der Waals surface area (Å²) in [5, 5.41) is 0. The summed E-state index contributed by atoms with van der Waals surface area (Å²) in [6.07, 6.45) is 74.3. The van der Waals surface area contributed by atoms with Crippen LogP contribution in [0.25, 0.3) is 0 Å². The van der Waals surface area contributed by atoms with Gasteiger partial charge in [-0.25, -0.2) is 0 Å². The summed E-state index contributed by atoms with van der Waals surface area (Å²) in [5.41, 5.74) is 0. The largest absolute Gasteiger partial charge is 0.462 e. The van der Waals surface area contributed by atoms with Gasteiger partial charge < -0.3 is 14.2 Å². The summed E-state index contributed by atoms with van der Waals surface area (Å²) < 4.78 is 16.8. The van der Waals surface area contributed by atoms with E-state index in [9.17, 15) is 14.4 Å². The molecule has 71 heavy (non-hydrogen) atoms. The standard InChI is InChI=1S/C65H118O6/c1-4-7-10-13-16-19-21-23-25-27-29-30-31-32-33-34-35-37-38-40-42-44-46-49-52-55-58-64(67)70-61-62(60-69-63(66)57-54-51-48-18-15-12-9-6-3)71-65(68)59-56-53-50-47-45-43-41-39-36-28-26-24-22-20-17-14-11-8-5-2/h8,11,17,20,24,26,36,39,62H,4-7,9-10,12-16,18-19,21-23,25,27-35,37-38,40-61H2,1-3H3/b11-8-,20-17-,26-24-,39-36-. The number of ether oxygens (including phenoxy) is 3. The first-order valence-corrected chi connectivity index (χ1v) is 31.1. The first kappa shape index (κ1) is 68.4. The highest BCUT2D eigenvalue weighted by Crippen LogP contribution is 2.18. The van der Waals surface area contributed by atoms with E-state index in [0.717, 1.165) is 96.3 Å². The van der Waals surface area contributed by atoms with E-state index in [2.05, 4.69) is 69.4 Å². The third-order valence-electron chi connectivity index (χ3n) is 13.8. The molecule has 0 saturated carbocycles. The van der Waals surface area contributed by atoms with Gasteiger partial charge in [0.2, 0.25) is 0 Å². The van der Waals surface area contributed by atoms with Crippen LogP contribution in [-0.2, 0) is 28.6 Å². The summed E-state index contributed by atoms with van der Waals surface area (Å²) in [4.78, 5) is 38.1. The van der Waals surface area contributed by atoms with E-state index in [1.54, 1.807) is 0 Å². The molecule has 0 heterocycles. The third-order valence-corrected chi connectivity index (χ3v) is 13.8. The van der Waals surface area contributed by atoms with Crippen LogP contribution in [0.2, 0.25) is 0 Å². The van der Waals surface area contributed by atoms with Crippen LogP contribution in [0, 0.1) is 0 Å². The molecule has 0 aromatic carbocycles. The van der Waals surface area contributed by atoms with Gasteiger partial charge in [-0.3, -0.25) is 14.4 Å². The van der Waals surface area contributed by atoms with Gasteiger partial charge >= 0.3 is 17.9 Å². The molecule has 0 bridgehead atoms. The molecular formula is C65H118O6. The number of esters is 3. The molecular weight excluding hydrogens is 877 g/mol. The van der Waals surface area contributed by atoms with Gasteiger partial charge in [0.1, 0.15) is 13.2 Å². The second-order valence-corrected chi connectivity index (χ2v) is 21.0. The molecule has 0 aliphatic heterocycles. The molecule has 0 saturated heterocycles. The van der Waals surface area contributed by atoms with Crippen LogP contribution < -0.4 is 0 Å². The number of rotatable bonds is 57. The van der Waals surface area contributed by atoms with Gasteiger partial charge in [-0.1, -0.05) is 301 Å². The first-order valence-electron chi connectivity index (χ1n) is 31.1. The summed E-state index contributed by atoms with van der Waals surface area (Å²) >= 11 is 0. The molecule has 414 valence electrons. The molecule has 0 aliphatic rings. The Hall–Kier alpha value is -2.63. The average molecular weight is 996 g/mol. The van der Waals surface area contributed by atoms with E-state index in [0.29, 0.717) is 19.3 Å². The van der Waals surface area contributed by atoms with Gasteiger partial charge in [0.25, 0.3) is 0 Å². The quantitative estimate of drug-likeness (QED) is 0.0261. The number of unbranched alkanes of at least 4 members (excludes halogenated alkanes) is 38. The molecule has 0 spiro atoms. The maximum Gasteiger partial charge on any atom is 0.306 e. The second kappa shape index (κ2) is 59.9. The number of carbonyl (C=O) groups is 3. The predicted octanol–water partition coefficient (Wildman–Crippen LogP) is 21.0. The normalized spacial score (nSPS) is 12.3. The smallest absolute Gasteiger partial charge is 0.306 e. The van der Waals surface area contributed by atoms with E-state index in [4.69, 9.17) is 14.2 Å². The van der Waals surface area contributed by atoms with Crippen molar-refractivity contribution >= 4 is 17.9 Å². The third kappa shape index (κ3) is 58.1. The Bertz CT molecular complexity index is 1230. The van der Waals surface area contributed by atoms with Crippen LogP contribution in [0.5, 0.6) is 0 Å². The lowest BCUT2D eigenvalue weighted by Gasteiger charge is -2.18. The Morgan fingerprint density at radius 3 is 0.859 bits per heavy atom. The number of hydrogen-bond donors (Lipinski definition) is 0. The fraction of sp³-hybridized carbons (Fsp3) is 0.831. The molecule has 0 aliphatic carbocycles. The van der Waals surface area contributed by atoms with E-state index >= 15 is 0 Å². The zero-order chi connectivity index (χ0) is 51.4. The lowest BCUT2D eigenvalue weighted by Crippen LogP contribution is -2.30. The zero-order valence-electron chi connectivity index (χ0n) is 47.5. The fourth-order valence-electron chi connectivity index (χ4n) is 9.20. The van der Waals surface area contributed by atoms with Crippen molar-refractivity contribution in [1.82, 2.24) is 0 Å². The molecule has 0 N–H and O–H groups in total. The molecule has 0 fully saturated rings. The monoisotopic (exact) mass is 995 g/mol. The van der Waals surface area contributed by atoms with Crippen LogP contribution in [0.15, 0.2) is 48.6 Å². The van der Waals surface area contributed by atoms with Crippen molar-refractivity contribution in [1.29, 1.82) is 0 Å². The molecule has 0 radical (unpaired) electrons. The molecule has 1 atom stereocenters. The van der Waals surface area contributed by atoms with E-state index in [1.807, 2.05) is 0 Å². The van der Waals surface area contributed by atoms with Crippen molar-refractivity contribution in [3.8, 4) is 0 Å². The molecule has 0 amide bonds. The number of hydrogen-bond acceptors (Lipinski definition) is 6. The van der Waals surface area contributed by atoms with Gasteiger partial charge in [0, 0.05) is 19.3 Å². The Morgan fingerprint density at radius 1 is 0.296 bits per heavy atom. The lowest BCUT2D eigenvalue weighted by molar-refractivity contribution is -0.167. The van der Waals surface area contributed by atoms with E-state index in [1.165, 1.54) is 193 Å². The molecule has 0 rings (SSSR count). The van der Waals surface area contributed by atoms with Crippen LogP contribution in [-0.4, -0.2) is 37.2 Å². The minimum Gasteiger partial charge on any atom is -0.462 e. The molecule has 6 nitrogen and oxygen atoms in total. The second-order valence-electron chi connectivity index (χ2n) is 21.0. The van der Waals surface area contributed by atoms with Gasteiger partial charge in [-0.05, 0) is 57.8 Å². The van der Waals surface area contributed by atoms with Crippen molar-refractivity contribution in [2.24, 2.45) is 0 Å². The Balaban J connectivity index is 4.13. The van der Waals surface area contributed by atoms with Gasteiger partial charge in [0.05, 0.1) is 0 Å². The zero-order valence-corrected chi connectivity index (χ0v) is 47.5. The summed E-state index contributed by atoms with van der Waals surface area (Å²) in [6, 6.07) is 0. The number of allylic oxidation sites excluding steroid dienone is 8. The van der Waals surface area contributed by atoms with Crippen LogP contribution in [0.3, 0.4) is 0 Å². The van der Waals surface area contributed by atoms with Crippen molar-refractivity contribution in [2.75, 3.05) is 13.2 Å². The molecule has 1 unspecified atom stereocenters.